The Bertz CT molecular complexity index is 601. The molecule has 1 aromatic heterocycles. The van der Waals surface area contributed by atoms with Crippen molar-refractivity contribution >= 4 is 22.4 Å². The second-order valence-corrected chi connectivity index (χ2v) is 6.79. The molecule has 1 aliphatic heterocycles. The van der Waals surface area contributed by atoms with Gasteiger partial charge >= 0.3 is 6.18 Å². The van der Waals surface area contributed by atoms with Crippen LogP contribution in [0.1, 0.15) is 0 Å². The quantitative estimate of drug-likeness (QED) is 0.752. The van der Waals surface area contributed by atoms with E-state index >= 15 is 0 Å². The van der Waals surface area contributed by atoms with Crippen molar-refractivity contribution in [2.24, 2.45) is 7.05 Å². The predicted octanol–water partition coefficient (Wildman–Crippen LogP) is -0.0437. The third-order valence-corrected chi connectivity index (χ3v) is 4.70. The SMILES string of the molecule is Cl.Cn1cnc(S(=O)(=O)NCC(N2CCNCC2)C(F)(F)F)c1. The number of hydrogen-bond acceptors (Lipinski definition) is 5. The molecule has 1 aromatic rings. The van der Waals surface area contributed by atoms with Gasteiger partial charge in [-0.3, -0.25) is 4.90 Å². The van der Waals surface area contributed by atoms with Gasteiger partial charge in [0.15, 0.2) is 5.03 Å². The number of sulfonamides is 1. The number of halogens is 4. The van der Waals surface area contributed by atoms with Gasteiger partial charge in [0, 0.05) is 46.0 Å². The Morgan fingerprint density at radius 2 is 2.00 bits per heavy atom. The average Bonchev–Trinajstić information content (AvgIpc) is 2.86. The zero-order valence-corrected chi connectivity index (χ0v) is 14.0. The smallest absolute Gasteiger partial charge is 0.339 e. The summed E-state index contributed by atoms with van der Waals surface area (Å²) in [5.41, 5.74) is 0. The van der Waals surface area contributed by atoms with E-state index in [-0.39, 0.29) is 30.5 Å². The molecule has 0 bridgehead atoms. The van der Waals surface area contributed by atoms with E-state index in [0.717, 1.165) is 0 Å². The highest BCUT2D eigenvalue weighted by atomic mass is 35.5. The van der Waals surface area contributed by atoms with Crippen molar-refractivity contribution in [1.29, 1.82) is 0 Å². The van der Waals surface area contributed by atoms with Gasteiger partial charge in [0.05, 0.1) is 6.33 Å². The van der Waals surface area contributed by atoms with Crippen LogP contribution in [0.5, 0.6) is 0 Å². The maximum Gasteiger partial charge on any atom is 0.405 e. The van der Waals surface area contributed by atoms with Crippen molar-refractivity contribution in [2.75, 3.05) is 32.7 Å². The number of hydrogen-bond donors (Lipinski definition) is 2. The van der Waals surface area contributed by atoms with Gasteiger partial charge < -0.3 is 9.88 Å². The molecule has 1 unspecified atom stereocenters. The average molecular weight is 378 g/mol. The summed E-state index contributed by atoms with van der Waals surface area (Å²) in [6.07, 6.45) is -2.01. The van der Waals surface area contributed by atoms with Crippen LogP contribution in [0.15, 0.2) is 17.6 Å². The van der Waals surface area contributed by atoms with E-state index in [1.54, 1.807) is 7.05 Å². The van der Waals surface area contributed by atoms with Gasteiger partial charge in [0.1, 0.15) is 6.04 Å². The van der Waals surface area contributed by atoms with E-state index < -0.39 is 28.8 Å². The van der Waals surface area contributed by atoms with Gasteiger partial charge in [-0.2, -0.15) is 13.2 Å². The first-order valence-corrected chi connectivity index (χ1v) is 8.17. The van der Waals surface area contributed by atoms with Crippen LogP contribution >= 0.6 is 12.4 Å². The molecule has 134 valence electrons. The fourth-order valence-corrected chi connectivity index (χ4v) is 3.25. The molecule has 1 aliphatic rings. The standard InChI is InChI=1S/C11H18F3N5O2S.ClH/c1-18-7-10(16-8-18)22(20,21)17-6-9(11(12,13)14)19-4-2-15-3-5-19;/h7-9,15,17H,2-6H2,1H3;1H. The normalized spacial score (nSPS) is 18.4. The Labute approximate surface area is 138 Å². The van der Waals surface area contributed by atoms with E-state index in [1.807, 2.05) is 4.72 Å². The largest absolute Gasteiger partial charge is 0.405 e. The number of aromatic nitrogens is 2. The lowest BCUT2D eigenvalue weighted by atomic mass is 10.2. The summed E-state index contributed by atoms with van der Waals surface area (Å²) < 4.78 is 66.9. The van der Waals surface area contributed by atoms with E-state index in [0.29, 0.717) is 13.1 Å². The van der Waals surface area contributed by atoms with Crippen LogP contribution in [0.25, 0.3) is 0 Å². The Balaban J connectivity index is 0.00000264. The van der Waals surface area contributed by atoms with E-state index in [1.165, 1.54) is 22.0 Å². The second kappa shape index (κ2) is 7.79. The Morgan fingerprint density at radius 3 is 2.48 bits per heavy atom. The van der Waals surface area contributed by atoms with E-state index in [9.17, 15) is 21.6 Å². The fraction of sp³-hybridized carbons (Fsp3) is 0.727. The summed E-state index contributed by atoms with van der Waals surface area (Å²) in [7, 11) is -2.48. The number of nitrogens with one attached hydrogen (secondary N) is 2. The highest BCUT2D eigenvalue weighted by Gasteiger charge is 2.44. The van der Waals surface area contributed by atoms with Gasteiger partial charge in [-0.15, -0.1) is 12.4 Å². The summed E-state index contributed by atoms with van der Waals surface area (Å²) in [6, 6.07) is -1.85. The van der Waals surface area contributed by atoms with Crippen molar-refractivity contribution in [3.05, 3.63) is 12.5 Å². The predicted molar refractivity (Wildman–Crippen MR) is 79.9 cm³/mol. The summed E-state index contributed by atoms with van der Waals surface area (Å²) in [4.78, 5) is 4.88. The lowest BCUT2D eigenvalue weighted by Crippen LogP contribution is -2.57. The molecule has 7 nitrogen and oxygen atoms in total. The van der Waals surface area contributed by atoms with Crippen molar-refractivity contribution in [3.63, 3.8) is 0 Å². The highest BCUT2D eigenvalue weighted by Crippen LogP contribution is 2.25. The lowest BCUT2D eigenvalue weighted by molar-refractivity contribution is -0.182. The molecule has 0 radical (unpaired) electrons. The molecular weight excluding hydrogens is 359 g/mol. The molecule has 1 saturated heterocycles. The zero-order valence-electron chi connectivity index (χ0n) is 12.4. The molecule has 1 fully saturated rings. The third kappa shape index (κ3) is 5.31. The van der Waals surface area contributed by atoms with Gasteiger partial charge in [-0.1, -0.05) is 0 Å². The molecule has 2 rings (SSSR count). The first-order chi connectivity index (χ1) is 10.2. The maximum absolute atomic E-state index is 13.2. The molecule has 0 amide bonds. The molecule has 0 saturated carbocycles. The second-order valence-electron chi connectivity index (χ2n) is 5.07. The number of imidazole rings is 1. The maximum atomic E-state index is 13.2. The van der Waals surface area contributed by atoms with Crippen LogP contribution in [0.3, 0.4) is 0 Å². The number of aryl methyl sites for hydroxylation is 1. The molecule has 1 atom stereocenters. The first-order valence-electron chi connectivity index (χ1n) is 6.69. The topological polar surface area (TPSA) is 79.3 Å². The van der Waals surface area contributed by atoms with Crippen molar-refractivity contribution in [3.8, 4) is 0 Å². The van der Waals surface area contributed by atoms with Gasteiger partial charge in [-0.25, -0.2) is 18.1 Å². The van der Waals surface area contributed by atoms with Crippen molar-refractivity contribution in [2.45, 2.75) is 17.2 Å². The molecule has 2 heterocycles. The first kappa shape index (κ1) is 20.2. The zero-order chi connectivity index (χ0) is 16.4. The van der Waals surface area contributed by atoms with Crippen LogP contribution < -0.4 is 10.0 Å². The lowest BCUT2D eigenvalue weighted by Gasteiger charge is -2.35. The highest BCUT2D eigenvalue weighted by molar-refractivity contribution is 7.89. The van der Waals surface area contributed by atoms with Gasteiger partial charge in [-0.05, 0) is 0 Å². The minimum atomic E-state index is -4.51. The minimum absolute atomic E-state index is 0. The number of rotatable bonds is 5. The number of nitrogens with zero attached hydrogens (tertiary/aromatic N) is 3. The van der Waals surface area contributed by atoms with Crippen LogP contribution in [0, 0.1) is 0 Å². The van der Waals surface area contributed by atoms with Crippen LogP contribution in [0.2, 0.25) is 0 Å². The van der Waals surface area contributed by atoms with E-state index in [4.69, 9.17) is 0 Å². The van der Waals surface area contributed by atoms with Crippen LogP contribution in [-0.2, 0) is 17.1 Å². The Hall–Kier alpha value is -0.880. The summed E-state index contributed by atoms with van der Waals surface area (Å²) >= 11 is 0. The van der Waals surface area contributed by atoms with Crippen molar-refractivity contribution < 1.29 is 21.6 Å². The Morgan fingerprint density at radius 1 is 1.39 bits per heavy atom. The minimum Gasteiger partial charge on any atom is -0.339 e. The van der Waals surface area contributed by atoms with Crippen LogP contribution in [-0.4, -0.2) is 67.8 Å². The van der Waals surface area contributed by atoms with Crippen molar-refractivity contribution in [1.82, 2.24) is 24.5 Å². The molecule has 0 aromatic carbocycles. The number of piperazine rings is 1. The fourth-order valence-electron chi connectivity index (χ4n) is 2.24. The summed E-state index contributed by atoms with van der Waals surface area (Å²) in [6.45, 7) is 0.590. The molecule has 0 aliphatic carbocycles. The monoisotopic (exact) mass is 377 g/mol. The van der Waals surface area contributed by atoms with Gasteiger partial charge in [0.25, 0.3) is 10.0 Å². The molecule has 0 spiro atoms. The Kier molecular flexibility index (Phi) is 6.83. The van der Waals surface area contributed by atoms with Crippen LogP contribution in [0.4, 0.5) is 13.2 Å². The van der Waals surface area contributed by atoms with Gasteiger partial charge in [0.2, 0.25) is 0 Å². The summed E-state index contributed by atoms with van der Waals surface area (Å²) in [5.74, 6) is 0. The summed E-state index contributed by atoms with van der Waals surface area (Å²) in [5, 5.41) is 2.67. The molecule has 12 heteroatoms. The van der Waals surface area contributed by atoms with E-state index in [2.05, 4.69) is 10.3 Å². The third-order valence-electron chi connectivity index (χ3n) is 3.39. The molecule has 23 heavy (non-hydrogen) atoms. The number of alkyl halides is 3. The molecular formula is C11H19ClF3N5O2S. The molecule has 2 N–H and O–H groups in total.